The molecule has 18 heavy (non-hydrogen) atoms. The van der Waals surface area contributed by atoms with E-state index in [-0.39, 0.29) is 11.0 Å². The van der Waals surface area contributed by atoms with Crippen molar-refractivity contribution in [2.75, 3.05) is 0 Å². The predicted octanol–water partition coefficient (Wildman–Crippen LogP) is 3.39. The summed E-state index contributed by atoms with van der Waals surface area (Å²) in [6, 6.07) is 9.36. The third-order valence-corrected chi connectivity index (χ3v) is 3.81. The van der Waals surface area contributed by atoms with Gasteiger partial charge in [-0.15, -0.1) is 0 Å². The maximum Gasteiger partial charge on any atom is 0.175 e. The molecule has 2 aromatic rings. The summed E-state index contributed by atoms with van der Waals surface area (Å²) in [5.74, 6) is 0.132. The quantitative estimate of drug-likeness (QED) is 0.677. The summed E-state index contributed by atoms with van der Waals surface area (Å²) in [5, 5.41) is 0.666. The molecule has 2 rings (SSSR count). The average molecular weight is 260 g/mol. The summed E-state index contributed by atoms with van der Waals surface area (Å²) in [6.45, 7) is 5.85. The van der Waals surface area contributed by atoms with Gasteiger partial charge in [-0.2, -0.15) is 0 Å². The van der Waals surface area contributed by atoms with Crippen molar-refractivity contribution in [3.8, 4) is 0 Å². The van der Waals surface area contributed by atoms with E-state index in [4.69, 9.17) is 0 Å². The summed E-state index contributed by atoms with van der Waals surface area (Å²) in [7, 11) is 0. The number of Topliss-reactive ketones (excluding diaryl/α,β-unsaturated/α-hetero) is 1. The minimum atomic E-state index is -0.141. The van der Waals surface area contributed by atoms with Crippen LogP contribution in [0.4, 0.5) is 0 Å². The number of aromatic nitrogens is 2. The second kappa shape index (κ2) is 5.40. The predicted molar refractivity (Wildman–Crippen MR) is 74.2 cm³/mol. The zero-order chi connectivity index (χ0) is 13.1. The van der Waals surface area contributed by atoms with E-state index in [1.54, 1.807) is 0 Å². The molecule has 4 heteroatoms. The third kappa shape index (κ3) is 2.82. The van der Waals surface area contributed by atoms with Gasteiger partial charge < -0.3 is 4.98 Å². The van der Waals surface area contributed by atoms with Crippen LogP contribution in [0.15, 0.2) is 35.5 Å². The molecular weight excluding hydrogens is 244 g/mol. The van der Waals surface area contributed by atoms with E-state index in [1.807, 2.05) is 51.1 Å². The van der Waals surface area contributed by atoms with E-state index in [0.717, 1.165) is 22.1 Å². The fourth-order valence-electron chi connectivity index (χ4n) is 1.63. The highest BCUT2D eigenvalue weighted by atomic mass is 32.2. The van der Waals surface area contributed by atoms with Gasteiger partial charge in [-0.05, 0) is 20.8 Å². The topological polar surface area (TPSA) is 45.8 Å². The van der Waals surface area contributed by atoms with E-state index in [0.29, 0.717) is 0 Å². The van der Waals surface area contributed by atoms with Gasteiger partial charge in [0.1, 0.15) is 0 Å². The van der Waals surface area contributed by atoms with Gasteiger partial charge in [0.2, 0.25) is 0 Å². The number of imidazole rings is 1. The first kappa shape index (κ1) is 12.9. The number of carbonyl (C=O) groups is 1. The maximum absolute atomic E-state index is 12.2. The molecule has 0 bridgehead atoms. The zero-order valence-electron chi connectivity index (χ0n) is 10.7. The number of nitrogens with zero attached hydrogens (tertiary/aromatic N) is 1. The highest BCUT2D eigenvalue weighted by molar-refractivity contribution is 8.00. The van der Waals surface area contributed by atoms with Gasteiger partial charge in [-0.25, -0.2) is 4.98 Å². The van der Waals surface area contributed by atoms with Crippen LogP contribution in [0.2, 0.25) is 0 Å². The molecule has 1 aromatic carbocycles. The number of H-pyrrole nitrogens is 1. The number of aromatic amines is 1. The van der Waals surface area contributed by atoms with Crippen LogP contribution in [-0.4, -0.2) is 21.0 Å². The number of hydrogen-bond donors (Lipinski definition) is 1. The average Bonchev–Trinajstić information content (AvgIpc) is 2.68. The Morgan fingerprint density at radius 1 is 1.28 bits per heavy atom. The van der Waals surface area contributed by atoms with Crippen LogP contribution in [0.1, 0.15) is 28.7 Å². The molecule has 0 radical (unpaired) electrons. The van der Waals surface area contributed by atoms with Gasteiger partial charge in [0, 0.05) is 11.3 Å². The number of ketones is 1. The second-order valence-corrected chi connectivity index (χ2v) is 5.57. The number of rotatable bonds is 4. The molecule has 1 aromatic heterocycles. The van der Waals surface area contributed by atoms with Crippen molar-refractivity contribution in [1.82, 2.24) is 9.97 Å². The van der Waals surface area contributed by atoms with Crippen molar-refractivity contribution in [1.29, 1.82) is 0 Å². The molecule has 0 aliphatic carbocycles. The zero-order valence-corrected chi connectivity index (χ0v) is 11.5. The van der Waals surface area contributed by atoms with Gasteiger partial charge in [-0.1, -0.05) is 42.1 Å². The molecule has 1 unspecified atom stereocenters. The molecule has 0 aliphatic heterocycles. The van der Waals surface area contributed by atoms with Crippen LogP contribution in [0.25, 0.3) is 0 Å². The molecule has 94 valence electrons. The highest BCUT2D eigenvalue weighted by Crippen LogP contribution is 2.24. The molecular formula is C14H16N2OS. The Kier molecular flexibility index (Phi) is 3.87. The maximum atomic E-state index is 12.2. The van der Waals surface area contributed by atoms with Gasteiger partial charge >= 0.3 is 0 Å². The first-order chi connectivity index (χ1) is 8.58. The number of nitrogens with one attached hydrogen (secondary N) is 1. The van der Waals surface area contributed by atoms with Gasteiger partial charge in [0.25, 0.3) is 0 Å². The molecule has 1 N–H and O–H groups in total. The number of thioether (sulfide) groups is 1. The monoisotopic (exact) mass is 260 g/mol. The number of carbonyl (C=O) groups excluding carboxylic acids is 1. The normalized spacial score (nSPS) is 12.4. The van der Waals surface area contributed by atoms with Crippen molar-refractivity contribution in [2.45, 2.75) is 31.2 Å². The molecule has 1 atom stereocenters. The SMILES string of the molecule is Cc1nc(SC(C)C(=O)c2ccccc2)[nH]c1C. The molecule has 0 aliphatic rings. The number of aryl methyl sites for hydroxylation is 2. The molecule has 3 nitrogen and oxygen atoms in total. The smallest absolute Gasteiger partial charge is 0.175 e. The van der Waals surface area contributed by atoms with Gasteiger partial charge in [0.15, 0.2) is 10.9 Å². The first-order valence-corrected chi connectivity index (χ1v) is 6.75. The van der Waals surface area contributed by atoms with Crippen LogP contribution < -0.4 is 0 Å². The molecule has 0 spiro atoms. The Morgan fingerprint density at radius 3 is 2.50 bits per heavy atom. The lowest BCUT2D eigenvalue weighted by Crippen LogP contribution is -2.13. The van der Waals surface area contributed by atoms with Crippen molar-refractivity contribution in [3.05, 3.63) is 47.3 Å². The Balaban J connectivity index is 2.08. The number of hydrogen-bond acceptors (Lipinski definition) is 3. The number of benzene rings is 1. The fourth-order valence-corrected chi connectivity index (χ4v) is 2.61. The summed E-state index contributed by atoms with van der Waals surface area (Å²) < 4.78 is 0. The van der Waals surface area contributed by atoms with E-state index in [9.17, 15) is 4.79 Å². The Hall–Kier alpha value is -1.55. The highest BCUT2D eigenvalue weighted by Gasteiger charge is 2.17. The lowest BCUT2D eigenvalue weighted by Gasteiger charge is -2.07. The van der Waals surface area contributed by atoms with E-state index < -0.39 is 0 Å². The summed E-state index contributed by atoms with van der Waals surface area (Å²) in [5.41, 5.74) is 2.78. The first-order valence-electron chi connectivity index (χ1n) is 5.87. The van der Waals surface area contributed by atoms with E-state index in [1.165, 1.54) is 11.8 Å². The molecule has 0 amide bonds. The van der Waals surface area contributed by atoms with Crippen LogP contribution in [0.5, 0.6) is 0 Å². The van der Waals surface area contributed by atoms with Gasteiger partial charge in [0.05, 0.1) is 10.9 Å². The van der Waals surface area contributed by atoms with Crippen molar-refractivity contribution in [2.24, 2.45) is 0 Å². The van der Waals surface area contributed by atoms with Crippen molar-refractivity contribution >= 4 is 17.5 Å². The minimum absolute atomic E-state index is 0.132. The van der Waals surface area contributed by atoms with Crippen LogP contribution in [0.3, 0.4) is 0 Å². The van der Waals surface area contributed by atoms with Crippen molar-refractivity contribution in [3.63, 3.8) is 0 Å². The summed E-state index contributed by atoms with van der Waals surface area (Å²) >= 11 is 1.47. The lowest BCUT2D eigenvalue weighted by atomic mass is 10.1. The van der Waals surface area contributed by atoms with Crippen LogP contribution >= 0.6 is 11.8 Å². The lowest BCUT2D eigenvalue weighted by molar-refractivity contribution is 0.0994. The summed E-state index contributed by atoms with van der Waals surface area (Å²) in [4.78, 5) is 19.7. The van der Waals surface area contributed by atoms with Crippen LogP contribution in [0, 0.1) is 13.8 Å². The van der Waals surface area contributed by atoms with Gasteiger partial charge in [-0.3, -0.25) is 4.79 Å². The molecule has 0 saturated carbocycles. The largest absolute Gasteiger partial charge is 0.337 e. The molecule has 1 heterocycles. The van der Waals surface area contributed by atoms with E-state index >= 15 is 0 Å². The van der Waals surface area contributed by atoms with Crippen molar-refractivity contribution < 1.29 is 4.79 Å². The summed E-state index contributed by atoms with van der Waals surface area (Å²) in [6.07, 6.45) is 0. The van der Waals surface area contributed by atoms with E-state index in [2.05, 4.69) is 9.97 Å². The third-order valence-electron chi connectivity index (χ3n) is 2.82. The Morgan fingerprint density at radius 2 is 1.94 bits per heavy atom. The molecule has 0 saturated heterocycles. The molecule has 0 fully saturated rings. The Labute approximate surface area is 111 Å². The fraction of sp³-hybridized carbons (Fsp3) is 0.286. The Bertz CT molecular complexity index is 529. The minimum Gasteiger partial charge on any atom is -0.337 e. The van der Waals surface area contributed by atoms with Crippen LogP contribution in [-0.2, 0) is 0 Å². The second-order valence-electron chi connectivity index (χ2n) is 4.24. The standard InChI is InChI=1S/C14H16N2OS/c1-9-10(2)16-14(15-9)18-11(3)13(17)12-7-5-4-6-8-12/h4-8,11H,1-3H3,(H,15,16).